The molecule has 4 rings (SSSR count). The van der Waals surface area contributed by atoms with Gasteiger partial charge in [0.05, 0.1) is 5.56 Å². The number of amides is 1. The molecule has 0 saturated heterocycles. The Morgan fingerprint density at radius 2 is 1.96 bits per heavy atom. The fraction of sp³-hybridized carbons (Fsp3) is 0.476. The number of hydrogen-bond donors (Lipinski definition) is 3. The summed E-state index contributed by atoms with van der Waals surface area (Å²) >= 11 is 1.75. The highest BCUT2D eigenvalue weighted by Gasteiger charge is 2.37. The van der Waals surface area contributed by atoms with Gasteiger partial charge in [-0.1, -0.05) is 39.3 Å². The van der Waals surface area contributed by atoms with Crippen molar-refractivity contribution in [3.05, 3.63) is 45.8 Å². The Morgan fingerprint density at radius 3 is 2.65 bits per heavy atom. The van der Waals surface area contributed by atoms with Gasteiger partial charge in [0.2, 0.25) is 0 Å². The van der Waals surface area contributed by atoms with Crippen LogP contribution in [0.25, 0.3) is 0 Å². The molecule has 5 heteroatoms. The summed E-state index contributed by atoms with van der Waals surface area (Å²) in [7, 11) is 0. The Labute approximate surface area is 158 Å². The zero-order valence-corrected chi connectivity index (χ0v) is 16.4. The minimum atomic E-state index is -0.251. The molecule has 2 atom stereocenters. The SMILES string of the molecule is CCC(C)(C)[C@@H]1CCc2c(sc3c2C(=O)N[C@@H](c2ccc(O)cc2)N3)C1. The van der Waals surface area contributed by atoms with Crippen LogP contribution in [-0.2, 0) is 12.8 Å². The minimum Gasteiger partial charge on any atom is -0.508 e. The lowest BCUT2D eigenvalue weighted by molar-refractivity contribution is 0.0934. The second-order valence-corrected chi connectivity index (χ2v) is 9.24. The van der Waals surface area contributed by atoms with Crippen molar-refractivity contribution in [1.29, 1.82) is 0 Å². The number of aromatic hydroxyl groups is 1. The van der Waals surface area contributed by atoms with E-state index < -0.39 is 0 Å². The number of benzene rings is 1. The lowest BCUT2D eigenvalue weighted by Crippen LogP contribution is -2.38. The number of nitrogens with one attached hydrogen (secondary N) is 2. The maximum atomic E-state index is 12.8. The van der Waals surface area contributed by atoms with E-state index in [1.165, 1.54) is 16.9 Å². The van der Waals surface area contributed by atoms with Crippen LogP contribution in [0.5, 0.6) is 5.75 Å². The van der Waals surface area contributed by atoms with Crippen LogP contribution in [0.4, 0.5) is 5.00 Å². The second-order valence-electron chi connectivity index (χ2n) is 8.13. The molecule has 0 saturated carbocycles. The molecule has 2 aliphatic rings. The molecule has 0 fully saturated rings. The molecular weight excluding hydrogens is 344 g/mol. The summed E-state index contributed by atoms with van der Waals surface area (Å²) in [6.07, 6.45) is 4.16. The third-order valence-corrected chi connectivity index (χ3v) is 7.47. The molecular formula is C21H26N2O2S. The van der Waals surface area contributed by atoms with Crippen molar-refractivity contribution in [1.82, 2.24) is 5.32 Å². The van der Waals surface area contributed by atoms with Crippen LogP contribution in [0.3, 0.4) is 0 Å². The monoisotopic (exact) mass is 370 g/mol. The molecule has 1 amide bonds. The molecule has 138 valence electrons. The largest absolute Gasteiger partial charge is 0.508 e. The van der Waals surface area contributed by atoms with E-state index in [4.69, 9.17) is 0 Å². The second kappa shape index (κ2) is 6.31. The first kappa shape index (κ1) is 17.4. The summed E-state index contributed by atoms with van der Waals surface area (Å²) in [5.41, 5.74) is 3.39. The van der Waals surface area contributed by atoms with Crippen LogP contribution < -0.4 is 10.6 Å². The smallest absolute Gasteiger partial charge is 0.256 e. The number of fused-ring (bicyclic) bond motifs is 3. The summed E-state index contributed by atoms with van der Waals surface area (Å²) in [6, 6.07) is 6.97. The number of rotatable bonds is 3. The van der Waals surface area contributed by atoms with E-state index in [0.717, 1.165) is 35.4 Å². The van der Waals surface area contributed by atoms with E-state index in [0.29, 0.717) is 11.3 Å². The highest BCUT2D eigenvalue weighted by atomic mass is 32.1. The van der Waals surface area contributed by atoms with Gasteiger partial charge < -0.3 is 15.7 Å². The zero-order valence-electron chi connectivity index (χ0n) is 15.6. The maximum absolute atomic E-state index is 12.8. The number of phenols is 1. The quantitative estimate of drug-likeness (QED) is 0.724. The van der Waals surface area contributed by atoms with Gasteiger partial charge in [0.25, 0.3) is 5.91 Å². The molecule has 1 aliphatic heterocycles. The maximum Gasteiger partial charge on any atom is 0.256 e. The van der Waals surface area contributed by atoms with Gasteiger partial charge in [-0.05, 0) is 53.9 Å². The average Bonchev–Trinajstić information content (AvgIpc) is 3.00. The summed E-state index contributed by atoms with van der Waals surface area (Å²) in [6.45, 7) is 7.00. The van der Waals surface area contributed by atoms with Gasteiger partial charge in [-0.2, -0.15) is 0 Å². The van der Waals surface area contributed by atoms with E-state index in [1.807, 2.05) is 12.1 Å². The number of carbonyl (C=O) groups is 1. The Morgan fingerprint density at radius 1 is 1.23 bits per heavy atom. The van der Waals surface area contributed by atoms with Crippen LogP contribution in [0, 0.1) is 11.3 Å². The lowest BCUT2D eigenvalue weighted by atomic mass is 9.69. The van der Waals surface area contributed by atoms with Gasteiger partial charge in [-0.25, -0.2) is 0 Å². The fourth-order valence-electron chi connectivity index (χ4n) is 4.09. The van der Waals surface area contributed by atoms with Gasteiger partial charge in [-0.15, -0.1) is 11.3 Å². The third-order valence-electron chi connectivity index (χ3n) is 6.29. The first-order chi connectivity index (χ1) is 12.4. The molecule has 2 aromatic rings. The average molecular weight is 371 g/mol. The van der Waals surface area contributed by atoms with Gasteiger partial charge >= 0.3 is 0 Å². The first-order valence-electron chi connectivity index (χ1n) is 9.40. The Hall–Kier alpha value is -2.01. The lowest BCUT2D eigenvalue weighted by Gasteiger charge is -2.36. The van der Waals surface area contributed by atoms with Gasteiger partial charge in [-0.3, -0.25) is 4.79 Å². The van der Waals surface area contributed by atoms with E-state index in [9.17, 15) is 9.90 Å². The molecule has 26 heavy (non-hydrogen) atoms. The molecule has 0 unspecified atom stereocenters. The van der Waals surface area contributed by atoms with E-state index in [1.54, 1.807) is 23.5 Å². The molecule has 1 aliphatic carbocycles. The zero-order chi connectivity index (χ0) is 18.5. The third kappa shape index (κ3) is 2.88. The van der Waals surface area contributed by atoms with Crippen LogP contribution in [0.15, 0.2) is 24.3 Å². The Balaban J connectivity index is 1.63. The van der Waals surface area contributed by atoms with Crippen LogP contribution in [-0.4, -0.2) is 11.0 Å². The number of thiophene rings is 1. The van der Waals surface area contributed by atoms with Gasteiger partial charge in [0.1, 0.15) is 16.9 Å². The molecule has 3 N–H and O–H groups in total. The fourth-order valence-corrected chi connectivity index (χ4v) is 5.44. The molecule has 2 heterocycles. The topological polar surface area (TPSA) is 61.4 Å². The molecule has 0 bridgehead atoms. The molecule has 0 radical (unpaired) electrons. The van der Waals surface area contributed by atoms with E-state index in [2.05, 4.69) is 31.4 Å². The first-order valence-corrected chi connectivity index (χ1v) is 10.2. The van der Waals surface area contributed by atoms with Crippen molar-refractivity contribution >= 4 is 22.2 Å². The molecule has 1 aromatic heterocycles. The van der Waals surface area contributed by atoms with Crippen molar-refractivity contribution in [3.8, 4) is 5.75 Å². The normalized spacial score (nSPS) is 22.2. The number of hydrogen-bond acceptors (Lipinski definition) is 4. The van der Waals surface area contributed by atoms with Crippen LogP contribution in [0.2, 0.25) is 0 Å². The summed E-state index contributed by atoms with van der Waals surface area (Å²) in [5, 5.41) is 17.0. The van der Waals surface area contributed by atoms with Crippen molar-refractivity contribution in [2.24, 2.45) is 11.3 Å². The van der Waals surface area contributed by atoms with E-state index in [-0.39, 0.29) is 17.8 Å². The summed E-state index contributed by atoms with van der Waals surface area (Å²) in [5.74, 6) is 0.923. The molecule has 1 aromatic carbocycles. The van der Waals surface area contributed by atoms with Gasteiger partial charge in [0, 0.05) is 4.88 Å². The minimum absolute atomic E-state index is 0.0162. The highest BCUT2D eigenvalue weighted by Crippen LogP contribution is 2.46. The highest BCUT2D eigenvalue weighted by molar-refractivity contribution is 7.16. The standard InChI is InChI=1S/C21H26N2O2S/c1-4-21(2,3)13-7-10-15-16(11-13)26-20-17(15)19(25)22-18(23-20)12-5-8-14(24)9-6-12/h5-6,8-9,13,18,23-24H,4,7,10-11H2,1-3H3,(H,22,25)/t13-,18-/m1/s1. The summed E-state index contributed by atoms with van der Waals surface area (Å²) < 4.78 is 0. The van der Waals surface area contributed by atoms with Crippen LogP contribution in [0.1, 0.15) is 66.1 Å². The number of carbonyl (C=O) groups excluding carboxylic acids is 1. The Kier molecular flexibility index (Phi) is 4.22. The van der Waals surface area contributed by atoms with Crippen molar-refractivity contribution in [2.75, 3.05) is 5.32 Å². The summed E-state index contributed by atoms with van der Waals surface area (Å²) in [4.78, 5) is 14.2. The molecule has 0 spiro atoms. The van der Waals surface area contributed by atoms with E-state index >= 15 is 0 Å². The number of phenolic OH excluding ortho intramolecular Hbond substituents is 1. The number of anilines is 1. The van der Waals surface area contributed by atoms with Crippen molar-refractivity contribution in [3.63, 3.8) is 0 Å². The van der Waals surface area contributed by atoms with Crippen molar-refractivity contribution < 1.29 is 9.90 Å². The predicted octanol–water partition coefficient (Wildman–Crippen LogP) is 4.85. The van der Waals surface area contributed by atoms with Crippen LogP contribution >= 0.6 is 11.3 Å². The van der Waals surface area contributed by atoms with Crippen molar-refractivity contribution in [2.45, 2.75) is 52.6 Å². The predicted molar refractivity (Wildman–Crippen MR) is 106 cm³/mol. The Bertz CT molecular complexity index is 838. The molecule has 4 nitrogen and oxygen atoms in total. The van der Waals surface area contributed by atoms with Gasteiger partial charge in [0.15, 0.2) is 0 Å².